The van der Waals surface area contributed by atoms with Gasteiger partial charge in [0.1, 0.15) is 17.3 Å². The minimum atomic E-state index is -0.329. The quantitative estimate of drug-likeness (QED) is 0.368. The van der Waals surface area contributed by atoms with Crippen molar-refractivity contribution < 1.29 is 9.59 Å². The second kappa shape index (κ2) is 8.36. The topological polar surface area (TPSA) is 101 Å². The van der Waals surface area contributed by atoms with Crippen LogP contribution in [0.3, 0.4) is 0 Å². The molecule has 4 fully saturated rings. The van der Waals surface area contributed by atoms with Crippen molar-refractivity contribution in [1.29, 1.82) is 0 Å². The van der Waals surface area contributed by atoms with Gasteiger partial charge in [-0.25, -0.2) is 9.97 Å². The van der Waals surface area contributed by atoms with Gasteiger partial charge in [-0.2, -0.15) is 0 Å². The van der Waals surface area contributed by atoms with Gasteiger partial charge in [0.15, 0.2) is 5.78 Å². The van der Waals surface area contributed by atoms with E-state index in [1.807, 2.05) is 24.3 Å². The SMILES string of the molecule is O=C(Nc1cc2nc(-c3ccccc3C(=O)C3C4CC5CC(C4)CC3C5)[nH]c2cn1)c1ccccn1. The number of benzene rings is 1. The minimum Gasteiger partial charge on any atom is -0.337 e. The van der Waals surface area contributed by atoms with Crippen LogP contribution < -0.4 is 5.32 Å². The first-order valence-corrected chi connectivity index (χ1v) is 12.8. The number of carbonyl (C=O) groups excluding carboxylic acids is 2. The van der Waals surface area contributed by atoms with E-state index in [2.05, 4.69) is 20.3 Å². The van der Waals surface area contributed by atoms with Crippen LogP contribution in [0.15, 0.2) is 60.9 Å². The summed E-state index contributed by atoms with van der Waals surface area (Å²) in [7, 11) is 0. The molecule has 0 saturated heterocycles. The molecule has 4 saturated carbocycles. The van der Waals surface area contributed by atoms with Gasteiger partial charge in [0.2, 0.25) is 0 Å². The van der Waals surface area contributed by atoms with E-state index in [4.69, 9.17) is 4.98 Å². The zero-order chi connectivity index (χ0) is 24.2. The van der Waals surface area contributed by atoms with E-state index in [1.54, 1.807) is 36.7 Å². The van der Waals surface area contributed by atoms with Crippen molar-refractivity contribution in [1.82, 2.24) is 19.9 Å². The van der Waals surface area contributed by atoms with E-state index in [9.17, 15) is 9.59 Å². The summed E-state index contributed by atoms with van der Waals surface area (Å²) >= 11 is 0. The van der Waals surface area contributed by atoms with Gasteiger partial charge in [0.05, 0.1) is 17.2 Å². The Hall–Kier alpha value is -3.87. The van der Waals surface area contributed by atoms with E-state index < -0.39 is 0 Å². The molecular weight excluding hydrogens is 450 g/mol. The smallest absolute Gasteiger partial charge is 0.275 e. The Morgan fingerprint density at radius 1 is 0.889 bits per heavy atom. The number of rotatable bonds is 5. The molecular formula is C29H27N5O2. The average Bonchev–Trinajstić information content (AvgIpc) is 3.32. The Morgan fingerprint density at radius 2 is 1.64 bits per heavy atom. The molecule has 1 aromatic carbocycles. The normalized spacial score (nSPS) is 26.3. The number of H-pyrrole nitrogens is 1. The highest BCUT2D eigenvalue weighted by molar-refractivity contribution is 6.04. The van der Waals surface area contributed by atoms with E-state index in [-0.39, 0.29) is 17.6 Å². The predicted molar refractivity (Wildman–Crippen MR) is 136 cm³/mol. The van der Waals surface area contributed by atoms with Gasteiger partial charge in [-0.15, -0.1) is 0 Å². The van der Waals surface area contributed by atoms with Crippen molar-refractivity contribution >= 4 is 28.5 Å². The molecule has 1 amide bonds. The first-order chi connectivity index (χ1) is 17.6. The summed E-state index contributed by atoms with van der Waals surface area (Å²) in [5.41, 5.74) is 3.32. The molecule has 3 aromatic heterocycles. The molecule has 180 valence electrons. The van der Waals surface area contributed by atoms with Crippen molar-refractivity contribution in [3.63, 3.8) is 0 Å². The standard InChI is InChI=1S/C29H27N5O2/c35-27(26-18-10-16-9-17(12-18)13-19(26)11-16)20-5-1-2-6-21(20)28-32-23-14-25(31-15-24(23)33-28)34-29(36)22-7-3-4-8-30-22/h1-8,14-19,26H,9-13H2,(H,32,33)(H,31,34,36). The van der Waals surface area contributed by atoms with Crippen LogP contribution in [0, 0.1) is 29.6 Å². The fourth-order valence-corrected chi connectivity index (χ4v) is 7.22. The Bertz CT molecular complexity index is 1450. The number of hydrogen-bond donors (Lipinski definition) is 2. The van der Waals surface area contributed by atoms with E-state index >= 15 is 0 Å². The Labute approximate surface area is 208 Å². The highest BCUT2D eigenvalue weighted by Crippen LogP contribution is 2.57. The van der Waals surface area contributed by atoms with Crippen LogP contribution in [0.1, 0.15) is 53.0 Å². The molecule has 0 aliphatic heterocycles. The number of pyridine rings is 2. The first-order valence-electron chi connectivity index (χ1n) is 12.8. The van der Waals surface area contributed by atoms with Gasteiger partial charge in [0.25, 0.3) is 5.91 Å². The molecule has 2 N–H and O–H groups in total. The fourth-order valence-electron chi connectivity index (χ4n) is 7.22. The summed E-state index contributed by atoms with van der Waals surface area (Å²) in [5.74, 6) is 3.87. The number of ketones is 1. The molecule has 3 heterocycles. The third kappa shape index (κ3) is 3.61. The number of carbonyl (C=O) groups is 2. The van der Waals surface area contributed by atoms with Gasteiger partial charge in [0, 0.05) is 29.3 Å². The van der Waals surface area contributed by atoms with Crippen LogP contribution in [0.4, 0.5) is 5.82 Å². The minimum absolute atomic E-state index is 0.137. The summed E-state index contributed by atoms with van der Waals surface area (Å²) in [6.07, 6.45) is 9.48. The second-order valence-corrected chi connectivity index (χ2v) is 10.7. The lowest BCUT2D eigenvalue weighted by molar-refractivity contribution is -0.0251. The number of hydrogen-bond acceptors (Lipinski definition) is 5. The largest absolute Gasteiger partial charge is 0.337 e. The van der Waals surface area contributed by atoms with Crippen molar-refractivity contribution in [3.05, 3.63) is 72.2 Å². The Balaban J connectivity index is 1.18. The van der Waals surface area contributed by atoms with E-state index in [0.29, 0.717) is 34.7 Å². The summed E-state index contributed by atoms with van der Waals surface area (Å²) in [4.78, 5) is 43.0. The molecule has 8 rings (SSSR count). The maximum Gasteiger partial charge on any atom is 0.275 e. The number of anilines is 1. The van der Waals surface area contributed by atoms with Crippen LogP contribution in [-0.2, 0) is 0 Å². The van der Waals surface area contributed by atoms with Crippen molar-refractivity contribution in [2.24, 2.45) is 29.6 Å². The highest BCUT2D eigenvalue weighted by Gasteiger charge is 2.51. The predicted octanol–water partition coefficient (Wildman–Crippen LogP) is 5.53. The molecule has 0 atom stereocenters. The van der Waals surface area contributed by atoms with Gasteiger partial charge >= 0.3 is 0 Å². The number of Topliss-reactive ketones (excluding diaryl/α,β-unsaturated/α-hetero) is 1. The fraction of sp³-hybridized carbons (Fsp3) is 0.345. The molecule has 4 bridgehead atoms. The van der Waals surface area contributed by atoms with Crippen LogP contribution in [0.25, 0.3) is 22.4 Å². The second-order valence-electron chi connectivity index (χ2n) is 10.7. The Kier molecular flexibility index (Phi) is 4.98. The van der Waals surface area contributed by atoms with Crippen molar-refractivity contribution in [2.75, 3.05) is 5.32 Å². The van der Waals surface area contributed by atoms with Gasteiger partial charge in [-0.05, 0) is 67.9 Å². The monoisotopic (exact) mass is 477 g/mol. The molecule has 0 radical (unpaired) electrons. The highest BCUT2D eigenvalue weighted by atomic mass is 16.2. The lowest BCUT2D eigenvalue weighted by Crippen LogP contribution is -2.48. The van der Waals surface area contributed by atoms with Gasteiger partial charge in [-0.1, -0.05) is 30.3 Å². The zero-order valence-electron chi connectivity index (χ0n) is 19.9. The summed E-state index contributed by atoms with van der Waals surface area (Å²) in [6.45, 7) is 0. The lowest BCUT2D eigenvalue weighted by atomic mass is 9.51. The van der Waals surface area contributed by atoms with Gasteiger partial charge in [-0.3, -0.25) is 14.6 Å². The molecule has 7 heteroatoms. The first kappa shape index (κ1) is 21.4. The maximum absolute atomic E-state index is 13.9. The number of fused-ring (bicyclic) bond motifs is 1. The van der Waals surface area contributed by atoms with Crippen molar-refractivity contribution in [3.8, 4) is 11.4 Å². The van der Waals surface area contributed by atoms with E-state index in [1.165, 1.54) is 32.1 Å². The molecule has 7 nitrogen and oxygen atoms in total. The van der Waals surface area contributed by atoms with Gasteiger partial charge < -0.3 is 10.3 Å². The zero-order valence-corrected chi connectivity index (χ0v) is 19.9. The summed E-state index contributed by atoms with van der Waals surface area (Å²) in [5, 5.41) is 2.78. The molecule has 36 heavy (non-hydrogen) atoms. The number of amides is 1. The van der Waals surface area contributed by atoms with Crippen LogP contribution in [-0.4, -0.2) is 31.6 Å². The number of aromatic amines is 1. The van der Waals surface area contributed by atoms with E-state index in [0.717, 1.165) is 28.5 Å². The molecule has 0 spiro atoms. The molecule has 4 aliphatic carbocycles. The Morgan fingerprint density at radius 3 is 2.39 bits per heavy atom. The molecule has 4 aromatic rings. The van der Waals surface area contributed by atoms with Crippen LogP contribution >= 0.6 is 0 Å². The average molecular weight is 478 g/mol. The number of imidazole rings is 1. The molecule has 0 unspecified atom stereocenters. The van der Waals surface area contributed by atoms with Crippen molar-refractivity contribution in [2.45, 2.75) is 32.1 Å². The molecule has 4 aliphatic rings. The lowest BCUT2D eigenvalue weighted by Gasteiger charge is -2.53. The summed E-state index contributed by atoms with van der Waals surface area (Å²) < 4.78 is 0. The number of nitrogens with zero attached hydrogens (tertiary/aromatic N) is 3. The van der Waals surface area contributed by atoms with Crippen LogP contribution in [0.2, 0.25) is 0 Å². The number of aromatic nitrogens is 4. The number of nitrogens with one attached hydrogen (secondary N) is 2. The third-order valence-corrected chi connectivity index (χ3v) is 8.48. The third-order valence-electron chi connectivity index (χ3n) is 8.48. The maximum atomic E-state index is 13.9. The summed E-state index contributed by atoms with van der Waals surface area (Å²) in [6, 6.07) is 14.7. The van der Waals surface area contributed by atoms with Crippen LogP contribution in [0.5, 0.6) is 0 Å².